The Labute approximate surface area is 87.3 Å². The van der Waals surface area contributed by atoms with E-state index in [1.807, 2.05) is 6.07 Å². The van der Waals surface area contributed by atoms with Crippen LogP contribution in [0, 0.1) is 10.2 Å². The van der Waals surface area contributed by atoms with E-state index in [0.717, 1.165) is 0 Å². The fraction of sp³-hybridized carbons (Fsp3) is 0. The molecule has 0 aromatic carbocycles. The molecule has 0 fully saturated rings. The van der Waals surface area contributed by atoms with Gasteiger partial charge in [0.15, 0.2) is 0 Å². The van der Waals surface area contributed by atoms with E-state index in [2.05, 4.69) is 11.0 Å². The number of hydrogen-bond acceptors (Lipinski definition) is 4. The van der Waals surface area contributed by atoms with Crippen LogP contribution in [0.25, 0.3) is 9.65 Å². The third-order valence-electron chi connectivity index (χ3n) is 1.22. The first-order valence-electron chi connectivity index (χ1n) is 3.31. The van der Waals surface area contributed by atoms with Gasteiger partial charge in [-0.15, -0.1) is 10.2 Å². The van der Waals surface area contributed by atoms with Crippen LogP contribution in [0.2, 0.25) is 0 Å². The van der Waals surface area contributed by atoms with Gasteiger partial charge in [0.1, 0.15) is 0 Å². The van der Waals surface area contributed by atoms with E-state index in [-0.39, 0.29) is 0 Å². The number of halogens is 1. The van der Waals surface area contributed by atoms with Crippen LogP contribution in [0.3, 0.4) is 0 Å². The molecule has 0 radical (unpaired) electrons. The third kappa shape index (κ3) is 4.69. The Balaban J connectivity index is 0.000000171. The van der Waals surface area contributed by atoms with Crippen molar-refractivity contribution in [2.45, 2.75) is 0 Å². The number of fused-ring (bicyclic) bond motifs is 1. The topological polar surface area (TPSA) is 104 Å². The molecule has 0 spiro atoms. The fourth-order valence-electron chi connectivity index (χ4n) is 0.777. The van der Waals surface area contributed by atoms with Crippen molar-refractivity contribution in [3.63, 3.8) is 0 Å². The summed E-state index contributed by atoms with van der Waals surface area (Å²) in [5.41, 5.74) is 0. The summed E-state index contributed by atoms with van der Waals surface area (Å²) >= 11 is 0.562. The predicted molar refractivity (Wildman–Crippen MR) is 37.6 cm³/mol. The molecule has 0 aliphatic carbocycles. The van der Waals surface area contributed by atoms with Crippen molar-refractivity contribution >= 4 is 24.1 Å². The second-order valence-electron chi connectivity index (χ2n) is 2.17. The van der Waals surface area contributed by atoms with E-state index in [4.69, 9.17) is 23.1 Å². The maximum absolute atomic E-state index is 8.49. The standard InChI is InChI=1S/C7H5OSe.ClHO4/c1-3-8-5-6-2-4-9-7(1)6;2-1(3,4)5/h1-5H;(H,2,3,4,5)/q+1;/p-1. The molecule has 0 N–H and O–H groups in total. The van der Waals surface area contributed by atoms with Gasteiger partial charge >= 0.3 is 58.2 Å². The Morgan fingerprint density at radius 1 is 1.14 bits per heavy atom. The van der Waals surface area contributed by atoms with Gasteiger partial charge in [0.2, 0.25) is 0 Å². The number of hydrogen-bond donors (Lipinski definition) is 0. The van der Waals surface area contributed by atoms with Gasteiger partial charge in [-0.1, -0.05) is 0 Å². The molecule has 2 aromatic rings. The van der Waals surface area contributed by atoms with Gasteiger partial charge in [-0.2, -0.15) is 0 Å². The molecule has 0 aliphatic heterocycles. The summed E-state index contributed by atoms with van der Waals surface area (Å²) in [4.78, 5) is 2.20. The molecular formula is C7H5ClO5Se. The van der Waals surface area contributed by atoms with Crippen LogP contribution in [0.15, 0.2) is 34.0 Å². The van der Waals surface area contributed by atoms with E-state index in [9.17, 15) is 0 Å². The molecule has 2 rings (SSSR count). The van der Waals surface area contributed by atoms with Crippen LogP contribution in [-0.2, 0) is 0 Å². The van der Waals surface area contributed by atoms with Crippen LogP contribution >= 0.6 is 0 Å². The molecule has 0 amide bonds. The van der Waals surface area contributed by atoms with Gasteiger partial charge < -0.3 is 0 Å². The molecule has 2 heterocycles. The average molecular weight is 284 g/mol. The Kier molecular flexibility index (Phi) is 4.03. The first-order chi connectivity index (χ1) is 6.47. The molecule has 0 unspecified atom stereocenters. The van der Waals surface area contributed by atoms with Crippen LogP contribution in [0.4, 0.5) is 0 Å². The van der Waals surface area contributed by atoms with Crippen molar-refractivity contribution in [2.75, 3.05) is 0 Å². The van der Waals surface area contributed by atoms with Crippen molar-refractivity contribution in [1.82, 2.24) is 0 Å². The van der Waals surface area contributed by atoms with Crippen LogP contribution in [-0.4, -0.2) is 14.5 Å². The van der Waals surface area contributed by atoms with E-state index < -0.39 is 10.2 Å². The summed E-state index contributed by atoms with van der Waals surface area (Å²) in [5.74, 6) is 0. The summed E-state index contributed by atoms with van der Waals surface area (Å²) in [7, 11) is -4.94. The summed E-state index contributed by atoms with van der Waals surface area (Å²) in [5, 5.41) is 1.25. The van der Waals surface area contributed by atoms with Crippen LogP contribution in [0.1, 0.15) is 0 Å². The van der Waals surface area contributed by atoms with Gasteiger partial charge in [-0.05, 0) is 0 Å². The normalized spacial score (nSPS) is 10.9. The first kappa shape index (κ1) is 11.6. The average Bonchev–Trinajstić information content (AvgIpc) is 2.47. The second kappa shape index (κ2) is 4.86. The van der Waals surface area contributed by atoms with E-state index in [1.54, 1.807) is 12.5 Å². The second-order valence-corrected chi connectivity index (χ2v) is 4.92. The Morgan fingerprint density at radius 2 is 1.79 bits per heavy atom. The Hall–Kier alpha value is -0.461. The zero-order chi connectivity index (χ0) is 10.6. The third-order valence-corrected chi connectivity index (χ3v) is 3.10. The van der Waals surface area contributed by atoms with Crippen LogP contribution < -0.4 is 18.6 Å². The van der Waals surface area contributed by atoms with Crippen molar-refractivity contribution < 1.29 is 33.3 Å². The molecule has 7 heteroatoms. The van der Waals surface area contributed by atoms with Crippen molar-refractivity contribution in [2.24, 2.45) is 0 Å². The summed E-state index contributed by atoms with van der Waals surface area (Å²) in [6.45, 7) is 0. The summed E-state index contributed by atoms with van der Waals surface area (Å²) in [6, 6.07) is 4.15. The minimum atomic E-state index is -4.94. The summed E-state index contributed by atoms with van der Waals surface area (Å²) in [6.07, 6.45) is 3.52. The van der Waals surface area contributed by atoms with E-state index >= 15 is 0 Å². The minimum absolute atomic E-state index is 0.562. The Morgan fingerprint density at radius 3 is 2.36 bits per heavy atom. The molecule has 0 saturated carbocycles. The molecule has 0 aliphatic rings. The molecule has 0 saturated heterocycles. The molecule has 0 atom stereocenters. The number of rotatable bonds is 0. The van der Waals surface area contributed by atoms with Crippen molar-refractivity contribution in [3.05, 3.63) is 29.6 Å². The zero-order valence-corrected chi connectivity index (χ0v) is 9.18. The van der Waals surface area contributed by atoms with Crippen molar-refractivity contribution in [3.8, 4) is 0 Å². The van der Waals surface area contributed by atoms with Crippen molar-refractivity contribution in [1.29, 1.82) is 0 Å². The van der Waals surface area contributed by atoms with Gasteiger partial charge in [0.25, 0.3) is 0 Å². The molecule has 14 heavy (non-hydrogen) atoms. The quantitative estimate of drug-likeness (QED) is 0.379. The predicted octanol–water partition coefficient (Wildman–Crippen LogP) is -2.99. The summed E-state index contributed by atoms with van der Waals surface area (Å²) < 4.78 is 40.4. The maximum atomic E-state index is 8.49. The monoisotopic (exact) mass is 284 g/mol. The fourth-order valence-corrected chi connectivity index (χ4v) is 2.35. The Bertz CT molecular complexity index is 360. The van der Waals surface area contributed by atoms with Gasteiger partial charge in [0.05, 0.1) is 0 Å². The molecule has 76 valence electrons. The van der Waals surface area contributed by atoms with E-state index in [0.29, 0.717) is 14.5 Å². The molecular weight excluding hydrogens is 278 g/mol. The SMILES string of the molecule is [O-][Cl+3]([O-])([O-])[O-].c1cc2[se]ccc2c[o+]1. The zero-order valence-electron chi connectivity index (χ0n) is 6.71. The van der Waals surface area contributed by atoms with Crippen LogP contribution in [0.5, 0.6) is 0 Å². The molecule has 2 aromatic heterocycles. The van der Waals surface area contributed by atoms with E-state index in [1.165, 1.54) is 9.65 Å². The van der Waals surface area contributed by atoms with Gasteiger partial charge in [0, 0.05) is 0 Å². The van der Waals surface area contributed by atoms with Gasteiger partial charge in [-0.3, -0.25) is 0 Å². The molecule has 5 nitrogen and oxygen atoms in total. The first-order valence-corrected chi connectivity index (χ1v) is 6.39. The van der Waals surface area contributed by atoms with Gasteiger partial charge in [-0.25, -0.2) is 18.6 Å². The molecule has 0 bridgehead atoms.